The molecule has 0 radical (unpaired) electrons. The average molecular weight is 224 g/mol. The van der Waals surface area contributed by atoms with E-state index in [1.165, 1.54) is 30.6 Å². The zero-order valence-corrected chi connectivity index (χ0v) is 9.93. The van der Waals surface area contributed by atoms with Crippen molar-refractivity contribution in [3.63, 3.8) is 0 Å². The fourth-order valence-corrected chi connectivity index (χ4v) is 2.85. The molecular formula is C12H20N2S. The summed E-state index contributed by atoms with van der Waals surface area (Å²) in [6.07, 6.45) is 5.64. The molecule has 0 aromatic carbocycles. The molecule has 3 heteroatoms. The molecule has 1 aliphatic carbocycles. The van der Waals surface area contributed by atoms with E-state index in [9.17, 15) is 0 Å². The minimum Gasteiger partial charge on any atom is -0.329 e. The topological polar surface area (TPSA) is 38.0 Å². The summed E-state index contributed by atoms with van der Waals surface area (Å²) in [5.41, 5.74) is 5.77. The van der Waals surface area contributed by atoms with Gasteiger partial charge in [0, 0.05) is 11.4 Å². The van der Waals surface area contributed by atoms with Crippen molar-refractivity contribution < 1.29 is 0 Å². The number of nitrogens with two attached hydrogens (primary N) is 1. The minimum absolute atomic E-state index is 0.366. The molecular weight excluding hydrogens is 204 g/mol. The Hall–Kier alpha value is -0.380. The number of nitrogens with one attached hydrogen (secondary N) is 1. The minimum atomic E-state index is 0.366. The second-order valence-electron chi connectivity index (χ2n) is 4.34. The van der Waals surface area contributed by atoms with Gasteiger partial charge in [-0.1, -0.05) is 25.3 Å². The molecule has 1 aromatic rings. The van der Waals surface area contributed by atoms with E-state index < -0.39 is 0 Å². The molecule has 0 aliphatic heterocycles. The van der Waals surface area contributed by atoms with Crippen LogP contribution in [-0.2, 0) is 0 Å². The van der Waals surface area contributed by atoms with Crippen molar-refractivity contribution in [1.29, 1.82) is 0 Å². The molecule has 1 aliphatic rings. The molecule has 0 spiro atoms. The molecule has 0 amide bonds. The summed E-state index contributed by atoms with van der Waals surface area (Å²) in [4.78, 5) is 1.37. The zero-order valence-electron chi connectivity index (χ0n) is 9.11. The Kier molecular flexibility index (Phi) is 4.18. The van der Waals surface area contributed by atoms with Crippen LogP contribution in [0.2, 0.25) is 0 Å². The van der Waals surface area contributed by atoms with Gasteiger partial charge in [0.2, 0.25) is 0 Å². The monoisotopic (exact) mass is 224 g/mol. The van der Waals surface area contributed by atoms with Gasteiger partial charge in [-0.25, -0.2) is 0 Å². The van der Waals surface area contributed by atoms with Crippen molar-refractivity contribution in [2.24, 2.45) is 11.7 Å². The first-order valence-electron chi connectivity index (χ1n) is 5.87. The van der Waals surface area contributed by atoms with E-state index in [-0.39, 0.29) is 0 Å². The first-order valence-corrected chi connectivity index (χ1v) is 6.75. The lowest BCUT2D eigenvalue weighted by molar-refractivity contribution is 0.288. The lowest BCUT2D eigenvalue weighted by Gasteiger charge is -2.26. The summed E-state index contributed by atoms with van der Waals surface area (Å²) in [5.74, 6) is 0.985. The molecule has 1 aromatic heterocycles. The zero-order chi connectivity index (χ0) is 10.5. The third kappa shape index (κ3) is 3.03. The molecule has 2 rings (SSSR count). The van der Waals surface area contributed by atoms with E-state index in [1.54, 1.807) is 11.3 Å². The first-order chi connectivity index (χ1) is 7.40. The van der Waals surface area contributed by atoms with Gasteiger partial charge in [0.15, 0.2) is 0 Å². The molecule has 0 bridgehead atoms. The highest BCUT2D eigenvalue weighted by molar-refractivity contribution is 7.10. The van der Waals surface area contributed by atoms with Crippen LogP contribution in [0, 0.1) is 5.92 Å². The standard InChI is InChI=1S/C12H20N2S/c13-9-11(12-5-2-8-15-12)14-7-6-10-3-1-4-10/h2,5,8,10-11,14H,1,3-4,6-7,9,13H2. The maximum Gasteiger partial charge on any atom is 0.0539 e. The Labute approximate surface area is 95.9 Å². The van der Waals surface area contributed by atoms with Gasteiger partial charge in [-0.2, -0.15) is 0 Å². The molecule has 0 saturated heterocycles. The second-order valence-corrected chi connectivity index (χ2v) is 5.32. The van der Waals surface area contributed by atoms with Crippen molar-refractivity contribution in [2.45, 2.75) is 31.7 Å². The van der Waals surface area contributed by atoms with E-state index in [2.05, 4.69) is 22.8 Å². The fraction of sp³-hybridized carbons (Fsp3) is 0.667. The maximum absolute atomic E-state index is 5.77. The number of rotatable bonds is 6. The maximum atomic E-state index is 5.77. The predicted molar refractivity (Wildman–Crippen MR) is 66.1 cm³/mol. The molecule has 84 valence electrons. The molecule has 15 heavy (non-hydrogen) atoms. The molecule has 1 atom stereocenters. The van der Waals surface area contributed by atoms with Crippen LogP contribution < -0.4 is 11.1 Å². The van der Waals surface area contributed by atoms with Gasteiger partial charge in [-0.3, -0.25) is 0 Å². The molecule has 1 heterocycles. The third-order valence-corrected chi connectivity index (χ3v) is 4.28. The van der Waals surface area contributed by atoms with Crippen LogP contribution in [0.25, 0.3) is 0 Å². The predicted octanol–water partition coefficient (Wildman–Crippen LogP) is 2.53. The van der Waals surface area contributed by atoms with Crippen LogP contribution in [-0.4, -0.2) is 13.1 Å². The van der Waals surface area contributed by atoms with Crippen molar-refractivity contribution in [3.8, 4) is 0 Å². The Morgan fingerprint density at radius 3 is 2.93 bits per heavy atom. The SMILES string of the molecule is NCC(NCCC1CCC1)c1cccs1. The van der Waals surface area contributed by atoms with Gasteiger partial charge in [0.1, 0.15) is 0 Å². The Bertz CT molecular complexity index is 267. The van der Waals surface area contributed by atoms with Crippen LogP contribution >= 0.6 is 11.3 Å². The lowest BCUT2D eigenvalue weighted by Crippen LogP contribution is -2.30. The van der Waals surface area contributed by atoms with Gasteiger partial charge in [0.25, 0.3) is 0 Å². The third-order valence-electron chi connectivity index (χ3n) is 3.29. The first kappa shape index (κ1) is 11.1. The van der Waals surface area contributed by atoms with Gasteiger partial charge in [-0.05, 0) is 30.3 Å². The van der Waals surface area contributed by atoms with Crippen LogP contribution in [0.15, 0.2) is 17.5 Å². The number of hydrogen-bond acceptors (Lipinski definition) is 3. The van der Waals surface area contributed by atoms with E-state index in [4.69, 9.17) is 5.73 Å². The smallest absolute Gasteiger partial charge is 0.0539 e. The molecule has 3 N–H and O–H groups in total. The summed E-state index contributed by atoms with van der Waals surface area (Å²) >= 11 is 1.79. The highest BCUT2D eigenvalue weighted by Gasteiger charge is 2.17. The summed E-state index contributed by atoms with van der Waals surface area (Å²) < 4.78 is 0. The van der Waals surface area contributed by atoms with Crippen molar-refractivity contribution >= 4 is 11.3 Å². The second kappa shape index (κ2) is 5.64. The normalized spacial score (nSPS) is 18.7. The Balaban J connectivity index is 1.71. The highest BCUT2D eigenvalue weighted by atomic mass is 32.1. The molecule has 1 saturated carbocycles. The van der Waals surface area contributed by atoms with Crippen molar-refractivity contribution in [1.82, 2.24) is 5.32 Å². The van der Waals surface area contributed by atoms with Crippen LogP contribution in [0.3, 0.4) is 0 Å². The van der Waals surface area contributed by atoms with Crippen LogP contribution in [0.5, 0.6) is 0 Å². The lowest BCUT2D eigenvalue weighted by atomic mass is 9.83. The van der Waals surface area contributed by atoms with E-state index in [0.717, 1.165) is 12.5 Å². The van der Waals surface area contributed by atoms with E-state index >= 15 is 0 Å². The Morgan fingerprint density at radius 1 is 1.53 bits per heavy atom. The number of hydrogen-bond donors (Lipinski definition) is 2. The van der Waals surface area contributed by atoms with Crippen LogP contribution in [0.4, 0.5) is 0 Å². The molecule has 1 fully saturated rings. The van der Waals surface area contributed by atoms with E-state index in [1.807, 2.05) is 0 Å². The fourth-order valence-electron chi connectivity index (χ4n) is 2.03. The van der Waals surface area contributed by atoms with Gasteiger partial charge in [0.05, 0.1) is 6.04 Å². The average Bonchev–Trinajstić information content (AvgIpc) is 2.68. The van der Waals surface area contributed by atoms with Crippen molar-refractivity contribution in [2.75, 3.05) is 13.1 Å². The van der Waals surface area contributed by atoms with Crippen LogP contribution in [0.1, 0.15) is 36.6 Å². The van der Waals surface area contributed by atoms with Gasteiger partial charge >= 0.3 is 0 Å². The summed E-state index contributed by atoms with van der Waals surface area (Å²) in [6.45, 7) is 1.82. The molecule has 1 unspecified atom stereocenters. The van der Waals surface area contributed by atoms with Crippen molar-refractivity contribution in [3.05, 3.63) is 22.4 Å². The quantitative estimate of drug-likeness (QED) is 0.779. The summed E-state index contributed by atoms with van der Waals surface area (Å²) in [7, 11) is 0. The summed E-state index contributed by atoms with van der Waals surface area (Å²) in [6, 6.07) is 4.62. The largest absolute Gasteiger partial charge is 0.329 e. The van der Waals surface area contributed by atoms with Gasteiger partial charge in [-0.15, -0.1) is 11.3 Å². The number of thiophene rings is 1. The molecule has 2 nitrogen and oxygen atoms in total. The van der Waals surface area contributed by atoms with Gasteiger partial charge < -0.3 is 11.1 Å². The summed E-state index contributed by atoms with van der Waals surface area (Å²) in [5, 5.41) is 5.67. The highest BCUT2D eigenvalue weighted by Crippen LogP contribution is 2.29. The van der Waals surface area contributed by atoms with E-state index in [0.29, 0.717) is 12.6 Å². The Morgan fingerprint density at radius 2 is 2.40 bits per heavy atom.